The number of nitrogens with zero attached hydrogens (tertiary/aromatic N) is 3. The van der Waals surface area contributed by atoms with Crippen LogP contribution in [0.5, 0.6) is 0 Å². The molecule has 1 aliphatic rings. The second-order valence-corrected chi connectivity index (χ2v) is 4.97. The fourth-order valence-electron chi connectivity index (χ4n) is 2.55. The van der Waals surface area contributed by atoms with Gasteiger partial charge in [-0.1, -0.05) is 11.6 Å². The molecule has 0 saturated carbocycles. The molecule has 2 aromatic heterocycles. The average Bonchev–Trinajstić information content (AvgIpc) is 3.08. The highest BCUT2D eigenvalue weighted by molar-refractivity contribution is 6.33. The number of imidazole rings is 1. The number of H-pyrrole nitrogens is 1. The van der Waals surface area contributed by atoms with E-state index in [4.69, 9.17) is 16.3 Å². The van der Waals surface area contributed by atoms with E-state index >= 15 is 0 Å². The summed E-state index contributed by atoms with van der Waals surface area (Å²) in [4.78, 5) is 13.8. The maximum Gasteiger partial charge on any atom is 0.128 e. The van der Waals surface area contributed by atoms with Crippen LogP contribution >= 0.6 is 11.6 Å². The van der Waals surface area contributed by atoms with Crippen molar-refractivity contribution in [3.8, 4) is 0 Å². The van der Waals surface area contributed by atoms with Gasteiger partial charge < -0.3 is 14.6 Å². The lowest BCUT2D eigenvalue weighted by Gasteiger charge is -2.25. The van der Waals surface area contributed by atoms with Gasteiger partial charge in [-0.15, -0.1) is 0 Å². The largest absolute Gasteiger partial charge is 0.380 e. The summed E-state index contributed by atoms with van der Waals surface area (Å²) in [6, 6.07) is 2.08. The second-order valence-electron chi connectivity index (χ2n) is 4.56. The highest BCUT2D eigenvalue weighted by Gasteiger charge is 2.35. The van der Waals surface area contributed by atoms with Gasteiger partial charge in [0.25, 0.3) is 0 Å². The molecule has 0 bridgehead atoms. The van der Waals surface area contributed by atoms with Crippen LogP contribution in [0.1, 0.15) is 18.3 Å². The number of halogens is 1. The topological polar surface area (TPSA) is 54.0 Å². The lowest BCUT2D eigenvalue weighted by atomic mass is 10.2. The van der Waals surface area contributed by atoms with E-state index in [2.05, 4.69) is 19.9 Å². The van der Waals surface area contributed by atoms with Crippen LogP contribution in [0.2, 0.25) is 5.02 Å². The van der Waals surface area contributed by atoms with E-state index in [1.807, 2.05) is 12.3 Å². The van der Waals surface area contributed by atoms with Crippen molar-refractivity contribution in [2.45, 2.75) is 18.6 Å². The number of ether oxygens (including phenoxy) is 1. The van der Waals surface area contributed by atoms with Crippen LogP contribution in [-0.2, 0) is 4.74 Å². The molecule has 6 heteroatoms. The van der Waals surface area contributed by atoms with Gasteiger partial charge in [0, 0.05) is 44.9 Å². The van der Waals surface area contributed by atoms with E-state index in [1.54, 1.807) is 25.7 Å². The number of methoxy groups -OCH3 is 1. The van der Waals surface area contributed by atoms with Gasteiger partial charge in [-0.25, -0.2) is 4.98 Å². The van der Waals surface area contributed by atoms with Crippen molar-refractivity contribution in [2.75, 3.05) is 18.6 Å². The van der Waals surface area contributed by atoms with E-state index in [0.717, 1.165) is 24.5 Å². The van der Waals surface area contributed by atoms with Crippen molar-refractivity contribution in [1.82, 2.24) is 15.0 Å². The van der Waals surface area contributed by atoms with Gasteiger partial charge in [-0.05, 0) is 6.07 Å². The summed E-state index contributed by atoms with van der Waals surface area (Å²) in [5.74, 6) is 0.937. The quantitative estimate of drug-likeness (QED) is 0.937. The lowest BCUT2D eigenvalue weighted by Crippen LogP contribution is -2.25. The summed E-state index contributed by atoms with van der Waals surface area (Å²) < 4.78 is 5.49. The fourth-order valence-corrected chi connectivity index (χ4v) is 2.78. The minimum absolute atomic E-state index is 0.153. The van der Waals surface area contributed by atoms with Gasteiger partial charge in [-0.2, -0.15) is 0 Å². The summed E-state index contributed by atoms with van der Waals surface area (Å²) in [7, 11) is 1.74. The SMILES string of the molecule is CO[C@@H]1CC(c2ncc[nH]2)N(c2ccncc2Cl)C1. The zero-order valence-electron chi connectivity index (χ0n) is 10.6. The number of rotatable bonds is 3. The molecule has 1 saturated heterocycles. The van der Waals surface area contributed by atoms with E-state index in [0.29, 0.717) is 5.02 Å². The molecular formula is C13H15ClN4O. The third kappa shape index (κ3) is 2.31. The molecule has 1 fully saturated rings. The molecule has 2 atom stereocenters. The molecule has 2 aromatic rings. The van der Waals surface area contributed by atoms with Crippen LogP contribution in [-0.4, -0.2) is 34.7 Å². The summed E-state index contributed by atoms with van der Waals surface area (Å²) >= 11 is 6.25. The van der Waals surface area contributed by atoms with Gasteiger partial charge in [-0.3, -0.25) is 4.98 Å². The summed E-state index contributed by atoms with van der Waals surface area (Å²) in [5.41, 5.74) is 0.970. The summed E-state index contributed by atoms with van der Waals surface area (Å²) in [6.45, 7) is 0.797. The Labute approximate surface area is 116 Å². The monoisotopic (exact) mass is 278 g/mol. The van der Waals surface area contributed by atoms with E-state index in [1.165, 1.54) is 0 Å². The molecule has 19 heavy (non-hydrogen) atoms. The summed E-state index contributed by atoms with van der Waals surface area (Å²) in [5, 5.41) is 0.649. The Morgan fingerprint density at radius 3 is 3.05 bits per heavy atom. The molecule has 1 N–H and O–H groups in total. The first-order chi connectivity index (χ1) is 9.29. The number of pyridine rings is 1. The molecule has 100 valence electrons. The molecule has 0 amide bonds. The van der Waals surface area contributed by atoms with Crippen molar-refractivity contribution in [1.29, 1.82) is 0 Å². The predicted molar refractivity (Wildman–Crippen MR) is 73.3 cm³/mol. The second kappa shape index (κ2) is 5.19. The zero-order chi connectivity index (χ0) is 13.2. The van der Waals surface area contributed by atoms with Crippen LogP contribution in [0.25, 0.3) is 0 Å². The zero-order valence-corrected chi connectivity index (χ0v) is 11.3. The van der Waals surface area contributed by atoms with Crippen molar-refractivity contribution < 1.29 is 4.74 Å². The highest BCUT2D eigenvalue weighted by atomic mass is 35.5. The van der Waals surface area contributed by atoms with Crippen molar-refractivity contribution in [3.63, 3.8) is 0 Å². The first kappa shape index (κ1) is 12.4. The van der Waals surface area contributed by atoms with Crippen molar-refractivity contribution >= 4 is 17.3 Å². The number of aromatic nitrogens is 3. The number of anilines is 1. The molecule has 0 aliphatic carbocycles. The number of aromatic amines is 1. The van der Waals surface area contributed by atoms with Crippen LogP contribution < -0.4 is 4.90 Å². The molecule has 3 rings (SSSR count). The van der Waals surface area contributed by atoms with E-state index in [-0.39, 0.29) is 12.1 Å². The predicted octanol–water partition coefficient (Wildman–Crippen LogP) is 2.42. The van der Waals surface area contributed by atoms with Crippen LogP contribution in [0.15, 0.2) is 30.9 Å². The van der Waals surface area contributed by atoms with Crippen LogP contribution in [0, 0.1) is 0 Å². The molecular weight excluding hydrogens is 264 g/mol. The Morgan fingerprint density at radius 1 is 1.47 bits per heavy atom. The lowest BCUT2D eigenvalue weighted by molar-refractivity contribution is 0.118. The van der Waals surface area contributed by atoms with E-state index in [9.17, 15) is 0 Å². The van der Waals surface area contributed by atoms with Gasteiger partial charge in [0.2, 0.25) is 0 Å². The Balaban J connectivity index is 1.96. The number of hydrogen-bond acceptors (Lipinski definition) is 4. The molecule has 0 radical (unpaired) electrons. The maximum atomic E-state index is 6.25. The van der Waals surface area contributed by atoms with Gasteiger partial charge in [0.1, 0.15) is 5.82 Å². The molecule has 3 heterocycles. The minimum Gasteiger partial charge on any atom is -0.380 e. The first-order valence-electron chi connectivity index (χ1n) is 6.18. The third-order valence-electron chi connectivity index (χ3n) is 3.49. The van der Waals surface area contributed by atoms with Crippen LogP contribution in [0.4, 0.5) is 5.69 Å². The first-order valence-corrected chi connectivity index (χ1v) is 6.55. The average molecular weight is 279 g/mol. The van der Waals surface area contributed by atoms with Crippen molar-refractivity contribution in [2.24, 2.45) is 0 Å². The standard InChI is InChI=1S/C13H15ClN4O/c1-19-9-6-12(13-16-4-5-17-13)18(8-9)11-2-3-15-7-10(11)14/h2-5,7,9,12H,6,8H2,1H3,(H,16,17)/t9-,12?/m1/s1. The molecule has 0 aromatic carbocycles. The number of nitrogens with one attached hydrogen (secondary N) is 1. The molecule has 1 aliphatic heterocycles. The molecule has 5 nitrogen and oxygen atoms in total. The normalized spacial score (nSPS) is 22.9. The Bertz CT molecular complexity index is 545. The Hall–Kier alpha value is -1.59. The molecule has 0 spiro atoms. The van der Waals surface area contributed by atoms with Crippen LogP contribution in [0.3, 0.4) is 0 Å². The summed E-state index contributed by atoms with van der Waals surface area (Å²) in [6.07, 6.45) is 8.09. The number of hydrogen-bond donors (Lipinski definition) is 1. The fraction of sp³-hybridized carbons (Fsp3) is 0.385. The Kier molecular flexibility index (Phi) is 3.40. The van der Waals surface area contributed by atoms with Gasteiger partial charge in [0.05, 0.1) is 22.9 Å². The maximum absolute atomic E-state index is 6.25. The van der Waals surface area contributed by atoms with Crippen molar-refractivity contribution in [3.05, 3.63) is 41.7 Å². The third-order valence-corrected chi connectivity index (χ3v) is 3.78. The van der Waals surface area contributed by atoms with E-state index < -0.39 is 0 Å². The Morgan fingerprint density at radius 2 is 2.37 bits per heavy atom. The minimum atomic E-state index is 0.153. The van der Waals surface area contributed by atoms with Gasteiger partial charge in [0.15, 0.2) is 0 Å². The smallest absolute Gasteiger partial charge is 0.128 e. The molecule has 1 unspecified atom stereocenters. The van der Waals surface area contributed by atoms with Gasteiger partial charge >= 0.3 is 0 Å². The highest BCUT2D eigenvalue weighted by Crippen LogP contribution is 2.38.